The lowest BCUT2D eigenvalue weighted by molar-refractivity contribution is -0.141. The van der Waals surface area contributed by atoms with Crippen molar-refractivity contribution in [1.29, 1.82) is 0 Å². The molecule has 0 saturated heterocycles. The molecule has 0 saturated carbocycles. The maximum absolute atomic E-state index is 12.5. The molecule has 0 aliphatic rings. The fraction of sp³-hybridized carbons (Fsp3) is 0.529. The van der Waals surface area contributed by atoms with Crippen LogP contribution in [0.5, 0.6) is 0 Å². The van der Waals surface area contributed by atoms with Gasteiger partial charge in [0.15, 0.2) is 0 Å². The molecule has 0 aromatic heterocycles. The van der Waals surface area contributed by atoms with E-state index in [4.69, 9.17) is 16.3 Å². The highest BCUT2D eigenvalue weighted by molar-refractivity contribution is 6.30. The van der Waals surface area contributed by atoms with Crippen LogP contribution < -0.4 is 0 Å². The fourth-order valence-corrected chi connectivity index (χ4v) is 2.21. The summed E-state index contributed by atoms with van der Waals surface area (Å²) in [6, 6.07) is 7.19. The van der Waals surface area contributed by atoms with Crippen LogP contribution in [0.25, 0.3) is 0 Å². The van der Waals surface area contributed by atoms with Gasteiger partial charge in [-0.2, -0.15) is 0 Å². The van der Waals surface area contributed by atoms with E-state index >= 15 is 0 Å². The summed E-state index contributed by atoms with van der Waals surface area (Å²) in [5.41, 5.74) is 0.896. The topological polar surface area (TPSA) is 55.8 Å². The molecule has 1 amide bonds. The van der Waals surface area contributed by atoms with Gasteiger partial charge in [0.1, 0.15) is 0 Å². The maximum Gasteiger partial charge on any atom is 0.307 e. The smallest absolute Gasteiger partial charge is 0.307 e. The highest BCUT2D eigenvalue weighted by atomic mass is 35.5. The van der Waals surface area contributed by atoms with E-state index in [9.17, 15) is 9.59 Å². The number of hydrogen-bond acceptors (Lipinski definition) is 4. The van der Waals surface area contributed by atoms with E-state index in [1.54, 1.807) is 17.0 Å². The minimum absolute atomic E-state index is 0.0206. The van der Waals surface area contributed by atoms with E-state index in [0.29, 0.717) is 31.3 Å². The summed E-state index contributed by atoms with van der Waals surface area (Å²) in [7, 11) is 1.34. The molecule has 0 spiro atoms. The summed E-state index contributed by atoms with van der Waals surface area (Å²) in [5, 5.41) is 0.639. The average Bonchev–Trinajstić information content (AvgIpc) is 2.55. The second-order valence-electron chi connectivity index (χ2n) is 5.06. The van der Waals surface area contributed by atoms with Crippen LogP contribution in [-0.4, -0.2) is 50.2 Å². The molecule has 0 unspecified atom stereocenters. The van der Waals surface area contributed by atoms with E-state index in [1.165, 1.54) is 7.11 Å². The summed E-state index contributed by atoms with van der Waals surface area (Å²) in [6.45, 7) is 4.09. The molecule has 1 rings (SSSR count). The number of benzene rings is 1. The third-order valence-electron chi connectivity index (χ3n) is 3.36. The second-order valence-corrected chi connectivity index (χ2v) is 5.50. The van der Waals surface area contributed by atoms with Gasteiger partial charge in [-0.1, -0.05) is 23.7 Å². The first-order valence-corrected chi connectivity index (χ1v) is 8.11. The number of ether oxygens (including phenoxy) is 2. The molecule has 0 atom stereocenters. The van der Waals surface area contributed by atoms with Crippen LogP contribution in [-0.2, 0) is 25.5 Å². The summed E-state index contributed by atoms with van der Waals surface area (Å²) in [5.74, 6) is -0.341. The number of halogens is 1. The number of nitrogens with zero attached hydrogens (tertiary/aromatic N) is 1. The maximum atomic E-state index is 12.5. The van der Waals surface area contributed by atoms with Gasteiger partial charge >= 0.3 is 5.97 Å². The van der Waals surface area contributed by atoms with Crippen molar-refractivity contribution in [2.75, 3.05) is 33.4 Å². The molecule has 1 aromatic carbocycles. The first kappa shape index (κ1) is 19.5. The van der Waals surface area contributed by atoms with E-state index < -0.39 is 0 Å². The number of esters is 1. The molecule has 1 aromatic rings. The lowest BCUT2D eigenvalue weighted by atomic mass is 10.1. The van der Waals surface area contributed by atoms with Gasteiger partial charge in [0, 0.05) is 31.3 Å². The highest BCUT2D eigenvalue weighted by Crippen LogP contribution is 2.11. The van der Waals surface area contributed by atoms with E-state index in [1.807, 2.05) is 19.1 Å². The second kappa shape index (κ2) is 11.0. The molecule has 0 bridgehead atoms. The minimum atomic E-state index is -0.320. The van der Waals surface area contributed by atoms with Crippen molar-refractivity contribution in [3.05, 3.63) is 34.9 Å². The third kappa shape index (κ3) is 8.00. The molecule has 0 N–H and O–H groups in total. The number of hydrogen-bond donors (Lipinski definition) is 0. The number of rotatable bonds is 10. The first-order valence-electron chi connectivity index (χ1n) is 7.73. The van der Waals surface area contributed by atoms with Crippen LogP contribution in [0.4, 0.5) is 0 Å². The molecule has 0 fully saturated rings. The van der Waals surface area contributed by atoms with Crippen LogP contribution in [0.3, 0.4) is 0 Å². The van der Waals surface area contributed by atoms with Crippen molar-refractivity contribution >= 4 is 23.5 Å². The standard InChI is InChI=1S/C17H24ClNO4/c1-3-23-12-4-10-19(11-9-17(21)22-2)16(20)13-14-5-7-15(18)8-6-14/h5-8H,3-4,9-13H2,1-2H3. The van der Waals surface area contributed by atoms with E-state index in [2.05, 4.69) is 4.74 Å². The first-order chi connectivity index (χ1) is 11.1. The Bertz CT molecular complexity index is 490. The van der Waals surface area contributed by atoms with Crippen LogP contribution in [0.1, 0.15) is 25.3 Å². The van der Waals surface area contributed by atoms with Crippen molar-refractivity contribution in [2.24, 2.45) is 0 Å². The van der Waals surface area contributed by atoms with Crippen LogP contribution in [0.2, 0.25) is 5.02 Å². The zero-order valence-electron chi connectivity index (χ0n) is 13.7. The van der Waals surface area contributed by atoms with Crippen LogP contribution in [0.15, 0.2) is 24.3 Å². The van der Waals surface area contributed by atoms with Crippen molar-refractivity contribution < 1.29 is 19.1 Å². The van der Waals surface area contributed by atoms with Gasteiger partial charge in [0.25, 0.3) is 0 Å². The van der Waals surface area contributed by atoms with Gasteiger partial charge in [0.05, 0.1) is 20.0 Å². The van der Waals surface area contributed by atoms with Crippen LogP contribution >= 0.6 is 11.6 Å². The zero-order chi connectivity index (χ0) is 17.1. The summed E-state index contributed by atoms with van der Waals surface area (Å²) in [4.78, 5) is 25.5. The molecule has 5 nitrogen and oxygen atoms in total. The Labute approximate surface area is 142 Å². The predicted molar refractivity (Wildman–Crippen MR) is 89.5 cm³/mol. The van der Waals surface area contributed by atoms with E-state index in [-0.39, 0.29) is 24.7 Å². The largest absolute Gasteiger partial charge is 0.469 e. The lowest BCUT2D eigenvalue weighted by Crippen LogP contribution is -2.35. The number of methoxy groups -OCH3 is 1. The fourth-order valence-electron chi connectivity index (χ4n) is 2.08. The quantitative estimate of drug-likeness (QED) is 0.485. The minimum Gasteiger partial charge on any atom is -0.469 e. The summed E-state index contributed by atoms with van der Waals surface area (Å²) < 4.78 is 9.94. The summed E-state index contributed by atoms with van der Waals surface area (Å²) >= 11 is 5.85. The third-order valence-corrected chi connectivity index (χ3v) is 3.61. The molecule has 0 heterocycles. The van der Waals surface area contributed by atoms with Crippen molar-refractivity contribution in [1.82, 2.24) is 4.90 Å². The Morgan fingerprint density at radius 2 is 1.87 bits per heavy atom. The van der Waals surface area contributed by atoms with Crippen LogP contribution in [0, 0.1) is 0 Å². The molecule has 128 valence electrons. The molecule has 0 aliphatic heterocycles. The van der Waals surface area contributed by atoms with Gasteiger partial charge < -0.3 is 14.4 Å². The SMILES string of the molecule is CCOCCCN(CCC(=O)OC)C(=O)Cc1ccc(Cl)cc1. The molecular weight excluding hydrogens is 318 g/mol. The van der Waals surface area contributed by atoms with Gasteiger partial charge in [0.2, 0.25) is 5.91 Å². The van der Waals surface area contributed by atoms with Gasteiger partial charge in [-0.15, -0.1) is 0 Å². The monoisotopic (exact) mass is 341 g/mol. The zero-order valence-corrected chi connectivity index (χ0v) is 14.5. The van der Waals surface area contributed by atoms with Gasteiger partial charge in [-0.25, -0.2) is 0 Å². The number of carbonyl (C=O) groups is 2. The van der Waals surface area contributed by atoms with E-state index in [0.717, 1.165) is 12.0 Å². The Hall–Kier alpha value is -1.59. The van der Waals surface area contributed by atoms with Gasteiger partial charge in [-0.3, -0.25) is 9.59 Å². The Kier molecular flexibility index (Phi) is 9.33. The van der Waals surface area contributed by atoms with Crippen molar-refractivity contribution in [3.63, 3.8) is 0 Å². The number of carbonyl (C=O) groups excluding carboxylic acids is 2. The Morgan fingerprint density at radius 1 is 1.17 bits per heavy atom. The lowest BCUT2D eigenvalue weighted by Gasteiger charge is -2.22. The van der Waals surface area contributed by atoms with Crippen molar-refractivity contribution in [3.8, 4) is 0 Å². The van der Waals surface area contributed by atoms with Crippen molar-refractivity contribution in [2.45, 2.75) is 26.2 Å². The predicted octanol–water partition coefficient (Wildman–Crippen LogP) is 2.70. The molecular formula is C17H24ClNO4. The molecule has 0 aliphatic carbocycles. The normalized spacial score (nSPS) is 10.4. The molecule has 0 radical (unpaired) electrons. The van der Waals surface area contributed by atoms with Gasteiger partial charge in [-0.05, 0) is 31.0 Å². The molecule has 23 heavy (non-hydrogen) atoms. The number of amides is 1. The highest BCUT2D eigenvalue weighted by Gasteiger charge is 2.15. The Balaban J connectivity index is 2.58. The molecule has 6 heteroatoms. The average molecular weight is 342 g/mol. The summed E-state index contributed by atoms with van der Waals surface area (Å²) in [6.07, 6.45) is 1.21. The Morgan fingerprint density at radius 3 is 2.48 bits per heavy atom.